The Kier molecular flexibility index (Phi) is 3.87. The van der Waals surface area contributed by atoms with Crippen molar-refractivity contribution < 1.29 is 9.47 Å². The Balaban J connectivity index is 1.80. The van der Waals surface area contributed by atoms with Gasteiger partial charge in [0, 0.05) is 0 Å². The molecule has 1 heterocycles. The largest absolute Gasteiger partial charge is 0.375 e. The molecule has 1 rings (SSSR count). The van der Waals surface area contributed by atoms with E-state index in [1.54, 1.807) is 11.8 Å². The van der Waals surface area contributed by atoms with Gasteiger partial charge in [-0.2, -0.15) is 0 Å². The summed E-state index contributed by atoms with van der Waals surface area (Å²) in [4.78, 5) is 0. The average molecular weight is 160 g/mol. The molecular weight excluding hydrogens is 148 g/mol. The maximum atomic E-state index is 5.23. The van der Waals surface area contributed by atoms with Crippen molar-refractivity contribution >= 4 is 11.8 Å². The highest BCUT2D eigenvalue weighted by Crippen LogP contribution is 2.08. The van der Waals surface area contributed by atoms with Gasteiger partial charge in [0.15, 0.2) is 0 Å². The van der Waals surface area contributed by atoms with Gasteiger partial charge in [-0.05, 0) is 11.7 Å². The van der Waals surface area contributed by atoms with Gasteiger partial charge >= 0.3 is 0 Å². The number of epoxide rings is 1. The maximum absolute atomic E-state index is 5.23. The summed E-state index contributed by atoms with van der Waals surface area (Å²) in [5, 5.41) is 2.02. The highest BCUT2D eigenvalue weighted by atomic mass is 32.2. The molecule has 0 spiro atoms. The first-order valence-corrected chi connectivity index (χ1v) is 4.59. The van der Waals surface area contributed by atoms with E-state index in [4.69, 9.17) is 9.47 Å². The molecule has 1 aliphatic rings. The monoisotopic (exact) mass is 160 g/mol. The van der Waals surface area contributed by atoms with Crippen molar-refractivity contribution in [1.82, 2.24) is 0 Å². The predicted molar refractivity (Wildman–Crippen MR) is 43.2 cm³/mol. The van der Waals surface area contributed by atoms with E-state index in [9.17, 15) is 0 Å². The highest BCUT2D eigenvalue weighted by molar-refractivity contribution is 8.01. The summed E-state index contributed by atoms with van der Waals surface area (Å²) in [5.74, 6) is 0. The van der Waals surface area contributed by atoms with Crippen LogP contribution in [0.3, 0.4) is 0 Å². The fourth-order valence-corrected chi connectivity index (χ4v) is 0.838. The molecular formula is C7H12O2S. The van der Waals surface area contributed by atoms with Crippen LogP contribution in [0, 0.1) is 0 Å². The summed E-state index contributed by atoms with van der Waals surface area (Å²) in [7, 11) is 0. The summed E-state index contributed by atoms with van der Waals surface area (Å²) >= 11 is 1.68. The lowest BCUT2D eigenvalue weighted by atomic mass is 10.5. The number of hydrogen-bond acceptors (Lipinski definition) is 3. The second-order valence-corrected chi connectivity index (χ2v) is 2.84. The predicted octanol–water partition coefficient (Wildman–Crippen LogP) is 1.28. The van der Waals surface area contributed by atoms with Crippen molar-refractivity contribution in [3.8, 4) is 0 Å². The van der Waals surface area contributed by atoms with Gasteiger partial charge in [0.25, 0.3) is 0 Å². The lowest BCUT2D eigenvalue weighted by Gasteiger charge is -1.94. The number of ether oxygens (including phenoxy) is 2. The zero-order valence-electron chi connectivity index (χ0n) is 6.08. The third-order valence-corrected chi connectivity index (χ3v) is 1.62. The smallest absolute Gasteiger partial charge is 0.104 e. The summed E-state index contributed by atoms with van der Waals surface area (Å²) in [6.45, 7) is 2.34. The minimum absolute atomic E-state index is 0.391. The van der Waals surface area contributed by atoms with Crippen LogP contribution < -0.4 is 0 Å². The minimum Gasteiger partial charge on any atom is -0.375 e. The molecule has 1 saturated heterocycles. The molecule has 1 fully saturated rings. The van der Waals surface area contributed by atoms with Gasteiger partial charge < -0.3 is 9.47 Å². The molecule has 2 nitrogen and oxygen atoms in total. The van der Waals surface area contributed by atoms with Crippen molar-refractivity contribution in [1.29, 1.82) is 0 Å². The lowest BCUT2D eigenvalue weighted by Crippen LogP contribution is -2.00. The molecule has 1 atom stereocenters. The Labute approximate surface area is 65.6 Å². The van der Waals surface area contributed by atoms with Crippen LogP contribution in [0.15, 0.2) is 11.5 Å². The first-order chi connectivity index (χ1) is 4.93. The topological polar surface area (TPSA) is 21.8 Å². The second-order valence-electron chi connectivity index (χ2n) is 2.10. The molecule has 0 bridgehead atoms. The van der Waals surface area contributed by atoms with Gasteiger partial charge in [-0.3, -0.25) is 0 Å². The van der Waals surface area contributed by atoms with E-state index in [1.807, 2.05) is 17.7 Å². The van der Waals surface area contributed by atoms with Crippen molar-refractivity contribution in [3.05, 3.63) is 11.5 Å². The molecule has 0 aromatic rings. The van der Waals surface area contributed by atoms with Gasteiger partial charge in [0.1, 0.15) is 6.10 Å². The Hall–Kier alpha value is 0.01000. The molecule has 0 radical (unpaired) electrons. The molecule has 3 heteroatoms. The van der Waals surface area contributed by atoms with Gasteiger partial charge in [0.2, 0.25) is 0 Å². The normalized spacial score (nSPS) is 23.9. The zero-order valence-corrected chi connectivity index (χ0v) is 6.89. The van der Waals surface area contributed by atoms with Crippen molar-refractivity contribution in [2.45, 2.75) is 6.10 Å². The SMILES string of the molecule is CS/C=C/COCC1CO1. The summed E-state index contributed by atoms with van der Waals surface area (Å²) in [6.07, 6.45) is 4.43. The molecule has 0 aromatic carbocycles. The Morgan fingerprint density at radius 2 is 2.60 bits per heavy atom. The van der Waals surface area contributed by atoms with E-state index >= 15 is 0 Å². The summed E-state index contributed by atoms with van der Waals surface area (Å²) in [6, 6.07) is 0. The van der Waals surface area contributed by atoms with Crippen LogP contribution in [-0.2, 0) is 9.47 Å². The molecule has 0 aliphatic carbocycles. The van der Waals surface area contributed by atoms with Gasteiger partial charge in [-0.25, -0.2) is 0 Å². The molecule has 0 N–H and O–H groups in total. The van der Waals surface area contributed by atoms with Gasteiger partial charge in [-0.1, -0.05) is 6.08 Å². The van der Waals surface area contributed by atoms with Gasteiger partial charge in [0.05, 0.1) is 19.8 Å². The Bertz CT molecular complexity index is 110. The van der Waals surface area contributed by atoms with Crippen LogP contribution in [0.25, 0.3) is 0 Å². The minimum atomic E-state index is 0.391. The number of thioether (sulfide) groups is 1. The van der Waals surface area contributed by atoms with Gasteiger partial charge in [-0.15, -0.1) is 11.8 Å². The highest BCUT2D eigenvalue weighted by Gasteiger charge is 2.21. The van der Waals surface area contributed by atoms with Crippen LogP contribution in [-0.4, -0.2) is 32.2 Å². The van der Waals surface area contributed by atoms with Crippen molar-refractivity contribution in [2.75, 3.05) is 26.1 Å². The molecule has 0 saturated carbocycles. The number of rotatable bonds is 5. The van der Waals surface area contributed by atoms with Crippen molar-refractivity contribution in [2.24, 2.45) is 0 Å². The van der Waals surface area contributed by atoms with Crippen LogP contribution in [0.1, 0.15) is 0 Å². The molecule has 1 aliphatic heterocycles. The van der Waals surface area contributed by atoms with Crippen LogP contribution in [0.5, 0.6) is 0 Å². The van der Waals surface area contributed by atoms with E-state index in [0.717, 1.165) is 13.2 Å². The van der Waals surface area contributed by atoms with E-state index in [0.29, 0.717) is 12.7 Å². The maximum Gasteiger partial charge on any atom is 0.104 e. The lowest BCUT2D eigenvalue weighted by molar-refractivity contribution is 0.141. The second kappa shape index (κ2) is 4.77. The van der Waals surface area contributed by atoms with E-state index in [2.05, 4.69) is 0 Å². The average Bonchev–Trinajstić information content (AvgIpc) is 2.71. The van der Waals surface area contributed by atoms with Crippen LogP contribution in [0.4, 0.5) is 0 Å². The Morgan fingerprint density at radius 1 is 1.80 bits per heavy atom. The zero-order chi connectivity index (χ0) is 7.23. The van der Waals surface area contributed by atoms with Crippen molar-refractivity contribution in [3.63, 3.8) is 0 Å². The molecule has 10 heavy (non-hydrogen) atoms. The first kappa shape index (κ1) is 8.11. The molecule has 0 amide bonds. The number of hydrogen-bond donors (Lipinski definition) is 0. The third-order valence-electron chi connectivity index (χ3n) is 1.15. The third kappa shape index (κ3) is 3.93. The van der Waals surface area contributed by atoms with Crippen LogP contribution in [0.2, 0.25) is 0 Å². The standard InChI is InChI=1S/C7H12O2S/c1-10-4-2-3-8-5-7-6-9-7/h2,4,7H,3,5-6H2,1H3/b4-2+. The molecule has 1 unspecified atom stereocenters. The van der Waals surface area contributed by atoms with E-state index in [-0.39, 0.29) is 0 Å². The molecule has 58 valence electrons. The summed E-state index contributed by atoms with van der Waals surface area (Å²) < 4.78 is 10.2. The van der Waals surface area contributed by atoms with E-state index in [1.165, 1.54) is 0 Å². The van der Waals surface area contributed by atoms with Crippen LogP contribution >= 0.6 is 11.8 Å². The first-order valence-electron chi connectivity index (χ1n) is 3.30. The fourth-order valence-electron chi connectivity index (χ4n) is 0.567. The van der Waals surface area contributed by atoms with E-state index < -0.39 is 0 Å². The fraction of sp³-hybridized carbons (Fsp3) is 0.714. The molecule has 0 aromatic heterocycles. The Morgan fingerprint density at radius 3 is 3.20 bits per heavy atom. The summed E-state index contributed by atoms with van der Waals surface area (Å²) in [5.41, 5.74) is 0. The quantitative estimate of drug-likeness (QED) is 0.446.